The summed E-state index contributed by atoms with van der Waals surface area (Å²) in [7, 11) is 0. The third-order valence-corrected chi connectivity index (χ3v) is 6.05. The van der Waals surface area contributed by atoms with E-state index in [-0.39, 0.29) is 11.8 Å². The van der Waals surface area contributed by atoms with Crippen molar-refractivity contribution in [2.24, 2.45) is 17.6 Å². The van der Waals surface area contributed by atoms with E-state index in [2.05, 4.69) is 29.6 Å². The van der Waals surface area contributed by atoms with E-state index < -0.39 is 0 Å². The molecule has 3 nitrogen and oxygen atoms in total. The monoisotopic (exact) mass is 270 g/mol. The van der Waals surface area contributed by atoms with Crippen LogP contribution in [0.15, 0.2) is 24.3 Å². The molecule has 20 heavy (non-hydrogen) atoms. The number of rotatable bonds is 1. The van der Waals surface area contributed by atoms with Crippen LogP contribution in [0, 0.1) is 11.8 Å². The largest absolute Gasteiger partial charge is 0.369 e. The molecular weight excluding hydrogens is 248 g/mol. The molecule has 3 N–H and O–H groups in total. The highest BCUT2D eigenvalue weighted by Crippen LogP contribution is 2.54. The molecule has 4 rings (SSSR count). The SMILES string of the molecule is NC(=O)C1CC[C@]23CCN[C@H](Cc4ccccc42)[C@@H]3C1. The van der Waals surface area contributed by atoms with Gasteiger partial charge >= 0.3 is 0 Å². The second-order valence-corrected chi connectivity index (χ2v) is 6.81. The molecule has 1 aromatic carbocycles. The first-order chi connectivity index (χ1) is 9.71. The van der Waals surface area contributed by atoms with Crippen LogP contribution < -0.4 is 11.1 Å². The Hall–Kier alpha value is -1.35. The molecule has 3 heteroatoms. The Morgan fingerprint density at radius 1 is 1.30 bits per heavy atom. The lowest BCUT2D eigenvalue weighted by Crippen LogP contribution is -2.61. The Kier molecular flexibility index (Phi) is 2.68. The van der Waals surface area contributed by atoms with Gasteiger partial charge in [-0.05, 0) is 55.7 Å². The minimum atomic E-state index is -0.100. The second-order valence-electron chi connectivity index (χ2n) is 6.81. The van der Waals surface area contributed by atoms with Gasteiger partial charge in [-0.2, -0.15) is 0 Å². The predicted molar refractivity (Wildman–Crippen MR) is 78.3 cm³/mol. The normalized spacial score (nSPS) is 38.7. The van der Waals surface area contributed by atoms with Gasteiger partial charge in [0.1, 0.15) is 0 Å². The van der Waals surface area contributed by atoms with Gasteiger partial charge in [0.15, 0.2) is 0 Å². The molecule has 0 aromatic heterocycles. The van der Waals surface area contributed by atoms with Crippen LogP contribution in [0.25, 0.3) is 0 Å². The fraction of sp³-hybridized carbons (Fsp3) is 0.588. The second kappa shape index (κ2) is 4.32. The standard InChI is InChI=1S/C17H22N2O/c18-16(20)12-5-6-17-7-8-19-15(14(17)9-12)10-11-3-1-2-4-13(11)17/h1-4,12,14-15,19H,5-10H2,(H2,18,20)/t12?,14-,15+,17-/m0/s1. The van der Waals surface area contributed by atoms with Crippen molar-refractivity contribution in [3.8, 4) is 0 Å². The summed E-state index contributed by atoms with van der Waals surface area (Å²) in [4.78, 5) is 11.6. The van der Waals surface area contributed by atoms with Crippen molar-refractivity contribution < 1.29 is 4.79 Å². The fourth-order valence-electron chi connectivity index (χ4n) is 5.11. The highest BCUT2D eigenvalue weighted by Gasteiger charge is 2.53. The Morgan fingerprint density at radius 3 is 3.00 bits per heavy atom. The summed E-state index contributed by atoms with van der Waals surface area (Å²) in [6.45, 7) is 1.11. The van der Waals surface area contributed by atoms with Crippen molar-refractivity contribution in [1.82, 2.24) is 5.32 Å². The van der Waals surface area contributed by atoms with Crippen LogP contribution in [0.3, 0.4) is 0 Å². The Bertz CT molecular complexity index is 556. The topological polar surface area (TPSA) is 55.1 Å². The van der Waals surface area contributed by atoms with Gasteiger partial charge < -0.3 is 11.1 Å². The number of piperidine rings is 1. The number of carbonyl (C=O) groups is 1. The molecule has 0 spiro atoms. The van der Waals surface area contributed by atoms with Crippen molar-refractivity contribution in [3.63, 3.8) is 0 Å². The van der Waals surface area contributed by atoms with Gasteiger partial charge in [-0.1, -0.05) is 24.3 Å². The fourth-order valence-corrected chi connectivity index (χ4v) is 5.11. The minimum absolute atomic E-state index is 0.0841. The first kappa shape index (κ1) is 12.4. The molecule has 1 amide bonds. The van der Waals surface area contributed by atoms with Gasteiger partial charge in [-0.25, -0.2) is 0 Å². The van der Waals surface area contributed by atoms with E-state index in [1.807, 2.05) is 0 Å². The van der Waals surface area contributed by atoms with Crippen LogP contribution in [0.5, 0.6) is 0 Å². The van der Waals surface area contributed by atoms with Gasteiger partial charge in [0.25, 0.3) is 0 Å². The molecule has 0 radical (unpaired) electrons. The van der Waals surface area contributed by atoms with E-state index >= 15 is 0 Å². The maximum atomic E-state index is 11.6. The third-order valence-electron chi connectivity index (χ3n) is 6.05. The molecule has 1 saturated carbocycles. The molecule has 2 fully saturated rings. The van der Waals surface area contributed by atoms with Gasteiger partial charge in [0.2, 0.25) is 5.91 Å². The van der Waals surface area contributed by atoms with Crippen LogP contribution in [0.4, 0.5) is 0 Å². The van der Waals surface area contributed by atoms with E-state index in [1.165, 1.54) is 12.0 Å². The number of fused-ring (bicyclic) bond motifs is 1. The highest BCUT2D eigenvalue weighted by molar-refractivity contribution is 5.76. The van der Waals surface area contributed by atoms with E-state index in [0.29, 0.717) is 17.4 Å². The average Bonchev–Trinajstić information content (AvgIpc) is 2.46. The van der Waals surface area contributed by atoms with Crippen LogP contribution in [-0.4, -0.2) is 18.5 Å². The van der Waals surface area contributed by atoms with Crippen molar-refractivity contribution in [2.45, 2.75) is 43.6 Å². The van der Waals surface area contributed by atoms with E-state index in [9.17, 15) is 4.79 Å². The Labute approximate surface area is 119 Å². The predicted octanol–water partition coefficient (Wildman–Crippen LogP) is 1.74. The zero-order chi connectivity index (χ0) is 13.7. The van der Waals surface area contributed by atoms with Crippen LogP contribution >= 0.6 is 0 Å². The summed E-state index contributed by atoms with van der Waals surface area (Å²) in [5, 5.41) is 3.69. The number of nitrogens with one attached hydrogen (secondary N) is 1. The van der Waals surface area contributed by atoms with Crippen LogP contribution in [-0.2, 0) is 16.6 Å². The van der Waals surface area contributed by atoms with E-state index in [1.54, 1.807) is 5.56 Å². The van der Waals surface area contributed by atoms with Crippen LogP contribution in [0.2, 0.25) is 0 Å². The smallest absolute Gasteiger partial charge is 0.220 e. The Morgan fingerprint density at radius 2 is 2.15 bits per heavy atom. The lowest BCUT2D eigenvalue weighted by molar-refractivity contribution is -0.124. The van der Waals surface area contributed by atoms with Gasteiger partial charge in [-0.15, -0.1) is 0 Å². The number of amides is 1. The number of primary amides is 1. The number of nitrogens with two attached hydrogens (primary N) is 1. The molecule has 1 aliphatic heterocycles. The number of hydrogen-bond acceptors (Lipinski definition) is 2. The van der Waals surface area contributed by atoms with Gasteiger partial charge in [0.05, 0.1) is 0 Å². The summed E-state index contributed by atoms with van der Waals surface area (Å²) in [5.41, 5.74) is 8.95. The lowest BCUT2D eigenvalue weighted by Gasteiger charge is -2.57. The highest BCUT2D eigenvalue weighted by atomic mass is 16.1. The molecule has 1 saturated heterocycles. The first-order valence-electron chi connectivity index (χ1n) is 7.82. The molecular formula is C17H22N2O. The van der Waals surface area contributed by atoms with E-state index in [0.717, 1.165) is 32.2 Å². The summed E-state index contributed by atoms with van der Waals surface area (Å²) in [5.74, 6) is 0.565. The minimum Gasteiger partial charge on any atom is -0.369 e. The van der Waals surface area contributed by atoms with Gasteiger partial charge in [0, 0.05) is 17.4 Å². The zero-order valence-corrected chi connectivity index (χ0v) is 11.8. The molecule has 1 heterocycles. The zero-order valence-electron chi connectivity index (χ0n) is 11.8. The average molecular weight is 270 g/mol. The van der Waals surface area contributed by atoms with Crippen LogP contribution in [0.1, 0.15) is 36.8 Å². The third kappa shape index (κ3) is 1.59. The molecule has 1 aromatic rings. The first-order valence-corrected chi connectivity index (χ1v) is 7.82. The van der Waals surface area contributed by atoms with Crippen molar-refractivity contribution in [3.05, 3.63) is 35.4 Å². The summed E-state index contributed by atoms with van der Waals surface area (Å²) in [6, 6.07) is 9.47. The summed E-state index contributed by atoms with van der Waals surface area (Å²) >= 11 is 0. The molecule has 2 bridgehead atoms. The molecule has 4 atom stereocenters. The maximum Gasteiger partial charge on any atom is 0.220 e. The van der Waals surface area contributed by atoms with Crippen molar-refractivity contribution >= 4 is 5.91 Å². The van der Waals surface area contributed by atoms with Crippen molar-refractivity contribution in [2.75, 3.05) is 6.54 Å². The number of hydrogen-bond donors (Lipinski definition) is 2. The summed E-state index contributed by atoms with van der Waals surface area (Å²) in [6.07, 6.45) is 5.37. The number of carbonyl (C=O) groups excluding carboxylic acids is 1. The number of benzene rings is 1. The van der Waals surface area contributed by atoms with E-state index in [4.69, 9.17) is 5.73 Å². The van der Waals surface area contributed by atoms with Crippen molar-refractivity contribution in [1.29, 1.82) is 0 Å². The Balaban J connectivity index is 1.79. The van der Waals surface area contributed by atoms with Gasteiger partial charge in [-0.3, -0.25) is 4.79 Å². The molecule has 3 aliphatic rings. The molecule has 2 aliphatic carbocycles. The summed E-state index contributed by atoms with van der Waals surface area (Å²) < 4.78 is 0. The quantitative estimate of drug-likeness (QED) is 0.817. The molecule has 106 valence electrons. The maximum absolute atomic E-state index is 11.6. The molecule has 1 unspecified atom stereocenters. The lowest BCUT2D eigenvalue weighted by atomic mass is 9.51.